The van der Waals surface area contributed by atoms with E-state index in [1.54, 1.807) is 17.7 Å². The van der Waals surface area contributed by atoms with E-state index in [-0.39, 0.29) is 6.04 Å². The lowest BCUT2D eigenvalue weighted by Gasteiger charge is -2.51. The van der Waals surface area contributed by atoms with Crippen LogP contribution >= 0.6 is 11.3 Å². The number of hydrogen-bond acceptors (Lipinski definition) is 7. The van der Waals surface area contributed by atoms with Gasteiger partial charge in [-0.05, 0) is 18.9 Å². The number of nitrogens with two attached hydrogens (primary N) is 1. The van der Waals surface area contributed by atoms with Crippen LogP contribution in [0.25, 0.3) is 10.2 Å². The maximum Gasteiger partial charge on any atom is 0.140 e. The summed E-state index contributed by atoms with van der Waals surface area (Å²) in [4.78, 5) is 16.6. The molecular formula is C20H27N7S. The molecule has 148 valence electrons. The van der Waals surface area contributed by atoms with Crippen molar-refractivity contribution in [3.05, 3.63) is 35.2 Å². The average Bonchev–Trinajstić information content (AvgIpc) is 3.39. The molecule has 1 spiro atoms. The highest BCUT2D eigenvalue weighted by atomic mass is 32.1. The molecule has 8 heteroatoms. The van der Waals surface area contributed by atoms with E-state index in [2.05, 4.69) is 44.1 Å². The first-order valence-corrected chi connectivity index (χ1v) is 10.8. The fourth-order valence-electron chi connectivity index (χ4n) is 4.84. The number of rotatable bonds is 5. The molecule has 0 saturated carbocycles. The molecule has 2 N–H and O–H groups in total. The van der Waals surface area contributed by atoms with Gasteiger partial charge in [-0.3, -0.25) is 9.58 Å². The first kappa shape index (κ1) is 18.0. The van der Waals surface area contributed by atoms with E-state index in [9.17, 15) is 0 Å². The highest BCUT2D eigenvalue weighted by Crippen LogP contribution is 2.45. The Balaban J connectivity index is 1.31. The summed E-state index contributed by atoms with van der Waals surface area (Å²) in [6, 6.07) is 2.54. The van der Waals surface area contributed by atoms with Gasteiger partial charge in [-0.15, -0.1) is 11.3 Å². The zero-order valence-corrected chi connectivity index (χ0v) is 17.3. The minimum Gasteiger partial charge on any atom is -0.355 e. The van der Waals surface area contributed by atoms with Crippen LogP contribution in [0, 0.1) is 5.41 Å². The van der Waals surface area contributed by atoms with Gasteiger partial charge in [0.15, 0.2) is 0 Å². The van der Waals surface area contributed by atoms with Crippen molar-refractivity contribution in [2.45, 2.75) is 25.8 Å². The molecule has 0 amide bonds. The molecular weight excluding hydrogens is 370 g/mol. The van der Waals surface area contributed by atoms with Crippen molar-refractivity contribution in [3.8, 4) is 0 Å². The van der Waals surface area contributed by atoms with Crippen LogP contribution in [-0.2, 0) is 13.5 Å². The van der Waals surface area contributed by atoms with E-state index in [0.29, 0.717) is 12.0 Å². The molecule has 7 nitrogen and oxygen atoms in total. The summed E-state index contributed by atoms with van der Waals surface area (Å²) >= 11 is 1.79. The monoisotopic (exact) mass is 397 g/mol. The molecule has 2 saturated heterocycles. The van der Waals surface area contributed by atoms with Crippen molar-refractivity contribution in [1.82, 2.24) is 24.6 Å². The lowest BCUT2D eigenvalue weighted by Crippen LogP contribution is -2.59. The minimum absolute atomic E-state index is 0.267. The first-order valence-electron chi connectivity index (χ1n) is 10.0. The quantitative estimate of drug-likeness (QED) is 0.711. The third-order valence-corrected chi connectivity index (χ3v) is 7.48. The number of anilines is 1. The van der Waals surface area contributed by atoms with Crippen LogP contribution in [0.1, 0.15) is 29.8 Å². The van der Waals surface area contributed by atoms with E-state index in [1.165, 1.54) is 22.2 Å². The maximum atomic E-state index is 6.10. The second-order valence-corrected chi connectivity index (χ2v) is 9.37. The smallest absolute Gasteiger partial charge is 0.140 e. The van der Waals surface area contributed by atoms with Gasteiger partial charge in [-0.25, -0.2) is 9.97 Å². The van der Waals surface area contributed by atoms with Crippen molar-refractivity contribution in [1.29, 1.82) is 0 Å². The van der Waals surface area contributed by atoms with Crippen LogP contribution in [-0.4, -0.2) is 57.4 Å². The molecule has 1 atom stereocenters. The molecule has 0 bridgehead atoms. The molecule has 5 rings (SSSR count). The largest absolute Gasteiger partial charge is 0.355 e. The third-order valence-electron chi connectivity index (χ3n) is 6.30. The predicted octanol–water partition coefficient (Wildman–Crippen LogP) is 2.20. The molecule has 5 heterocycles. The van der Waals surface area contributed by atoms with E-state index >= 15 is 0 Å². The number of likely N-dealkylation sites (tertiary alicyclic amines) is 1. The maximum absolute atomic E-state index is 6.10. The molecule has 2 aliphatic rings. The Morgan fingerprint density at radius 1 is 1.29 bits per heavy atom. The van der Waals surface area contributed by atoms with Gasteiger partial charge in [0, 0.05) is 61.8 Å². The van der Waals surface area contributed by atoms with E-state index in [4.69, 9.17) is 5.73 Å². The van der Waals surface area contributed by atoms with Crippen molar-refractivity contribution >= 4 is 27.4 Å². The molecule has 2 aliphatic heterocycles. The lowest BCUT2D eigenvalue weighted by molar-refractivity contribution is -0.0149. The number of aromatic nitrogens is 4. The van der Waals surface area contributed by atoms with Crippen LogP contribution in [0.2, 0.25) is 0 Å². The SMILES string of the molecule is CCc1cc2c(N3CCC4(C3)CN(C(CN)c3cnn(C)c3)C4)ncnc2s1. The molecule has 0 aliphatic carbocycles. The zero-order chi connectivity index (χ0) is 19.3. The van der Waals surface area contributed by atoms with Gasteiger partial charge in [-0.2, -0.15) is 5.10 Å². The van der Waals surface area contributed by atoms with Gasteiger partial charge in [0.2, 0.25) is 0 Å². The normalized spacial score (nSPS) is 20.2. The molecule has 3 aromatic rings. The first-order chi connectivity index (χ1) is 13.6. The summed E-state index contributed by atoms with van der Waals surface area (Å²) in [6.07, 6.45) is 8.02. The Morgan fingerprint density at radius 2 is 2.14 bits per heavy atom. The van der Waals surface area contributed by atoms with Crippen molar-refractivity contribution in [2.24, 2.45) is 18.2 Å². The van der Waals surface area contributed by atoms with Crippen molar-refractivity contribution in [3.63, 3.8) is 0 Å². The summed E-state index contributed by atoms with van der Waals surface area (Å²) in [5, 5.41) is 5.53. The number of fused-ring (bicyclic) bond motifs is 1. The minimum atomic E-state index is 0.267. The Kier molecular flexibility index (Phi) is 4.37. The highest BCUT2D eigenvalue weighted by Gasteiger charge is 2.50. The fourth-order valence-corrected chi connectivity index (χ4v) is 5.77. The van der Waals surface area contributed by atoms with Crippen LogP contribution in [0.5, 0.6) is 0 Å². The Morgan fingerprint density at radius 3 is 2.86 bits per heavy atom. The summed E-state index contributed by atoms with van der Waals surface area (Å²) in [6.45, 7) is 7.15. The summed E-state index contributed by atoms with van der Waals surface area (Å²) in [7, 11) is 1.96. The Labute approximate surface area is 169 Å². The molecule has 2 fully saturated rings. The van der Waals surface area contributed by atoms with E-state index in [0.717, 1.165) is 43.2 Å². The zero-order valence-electron chi connectivity index (χ0n) is 16.5. The van der Waals surface area contributed by atoms with Crippen LogP contribution in [0.4, 0.5) is 5.82 Å². The van der Waals surface area contributed by atoms with Crippen LogP contribution < -0.4 is 10.6 Å². The second kappa shape index (κ2) is 6.79. The average molecular weight is 398 g/mol. The van der Waals surface area contributed by atoms with Gasteiger partial charge in [0.25, 0.3) is 0 Å². The summed E-state index contributed by atoms with van der Waals surface area (Å²) in [5.41, 5.74) is 7.68. The number of nitrogens with zero attached hydrogens (tertiary/aromatic N) is 6. The molecule has 28 heavy (non-hydrogen) atoms. The summed E-state index contributed by atoms with van der Waals surface area (Å²) < 4.78 is 1.86. The molecule has 1 unspecified atom stereocenters. The van der Waals surface area contributed by atoms with E-state index in [1.807, 2.05) is 17.9 Å². The fraction of sp³-hybridized carbons (Fsp3) is 0.550. The summed E-state index contributed by atoms with van der Waals surface area (Å²) in [5.74, 6) is 1.11. The van der Waals surface area contributed by atoms with Crippen molar-refractivity contribution < 1.29 is 0 Å². The second-order valence-electron chi connectivity index (χ2n) is 8.26. The number of hydrogen-bond donors (Lipinski definition) is 1. The topological polar surface area (TPSA) is 76.1 Å². The Hall–Kier alpha value is -2.03. The van der Waals surface area contributed by atoms with Gasteiger partial charge < -0.3 is 10.6 Å². The van der Waals surface area contributed by atoms with Gasteiger partial charge in [0.05, 0.1) is 17.6 Å². The molecule has 0 radical (unpaired) electrons. The highest BCUT2D eigenvalue weighted by molar-refractivity contribution is 7.18. The third kappa shape index (κ3) is 2.91. The van der Waals surface area contributed by atoms with E-state index < -0.39 is 0 Å². The standard InChI is InChI=1S/C20H27N7S/c1-3-15-6-16-18(22-13-23-19(16)28-15)26-5-4-20(10-26)11-27(12-20)17(7-21)14-8-24-25(2)9-14/h6,8-9,13,17H,3-5,7,10-12,21H2,1-2H3. The lowest BCUT2D eigenvalue weighted by atomic mass is 9.77. The van der Waals surface area contributed by atoms with Crippen molar-refractivity contribution in [2.75, 3.05) is 37.6 Å². The van der Waals surface area contributed by atoms with Gasteiger partial charge in [0.1, 0.15) is 17.0 Å². The predicted molar refractivity (Wildman–Crippen MR) is 113 cm³/mol. The Bertz CT molecular complexity index is 988. The van der Waals surface area contributed by atoms with Crippen LogP contribution in [0.15, 0.2) is 24.8 Å². The number of thiophene rings is 1. The van der Waals surface area contributed by atoms with Crippen LogP contribution in [0.3, 0.4) is 0 Å². The molecule has 0 aromatic carbocycles. The number of aryl methyl sites for hydroxylation is 2. The van der Waals surface area contributed by atoms with Gasteiger partial charge >= 0.3 is 0 Å². The molecule has 3 aromatic heterocycles. The van der Waals surface area contributed by atoms with Gasteiger partial charge in [-0.1, -0.05) is 6.92 Å².